The molecule has 3 aromatic heterocycles. The van der Waals surface area contributed by atoms with Crippen LogP contribution in [0.2, 0.25) is 0 Å². The Hall–Kier alpha value is -2.76. The minimum atomic E-state index is 0.0301. The zero-order valence-corrected chi connectivity index (χ0v) is 27.8. The van der Waals surface area contributed by atoms with Gasteiger partial charge in [-0.2, -0.15) is 21.0 Å². The minimum Gasteiger partial charge on any atom is -0.244 e. The number of rotatable bonds is 2. The molecule has 5 heterocycles. The lowest BCUT2D eigenvalue weighted by atomic mass is 10.1. The molecule has 2 aliphatic rings. The van der Waals surface area contributed by atoms with Gasteiger partial charge in [0.1, 0.15) is 35.4 Å². The molecule has 200 valence electrons. The van der Waals surface area contributed by atoms with E-state index in [1.54, 1.807) is 47.0 Å². The summed E-state index contributed by atoms with van der Waals surface area (Å²) in [6, 6.07) is 15.8. The zero-order chi connectivity index (χ0) is 29.1. The number of hydrogen-bond donors (Lipinski definition) is 0. The van der Waals surface area contributed by atoms with Crippen molar-refractivity contribution in [3.05, 3.63) is 50.3 Å². The second kappa shape index (κ2) is 11.1. The van der Waals surface area contributed by atoms with Gasteiger partial charge in [-0.05, 0) is 36.8 Å². The highest BCUT2D eigenvalue weighted by Gasteiger charge is 2.29. The smallest absolute Gasteiger partial charge is 0.146 e. The van der Waals surface area contributed by atoms with Crippen molar-refractivity contribution in [2.24, 2.45) is 0 Å². The van der Waals surface area contributed by atoms with Gasteiger partial charge in [0.25, 0.3) is 0 Å². The van der Waals surface area contributed by atoms with Gasteiger partial charge in [0.2, 0.25) is 0 Å². The van der Waals surface area contributed by atoms with Crippen LogP contribution < -0.4 is 9.06 Å². The largest absolute Gasteiger partial charge is 0.244 e. The molecule has 0 bridgehead atoms. The average molecular weight is 687 g/mol. The predicted molar refractivity (Wildman–Crippen MR) is 184 cm³/mol. The van der Waals surface area contributed by atoms with E-state index in [2.05, 4.69) is 24.6 Å². The number of thiophene rings is 2. The summed E-state index contributed by atoms with van der Waals surface area (Å²) in [5.74, 6) is 0. The summed E-state index contributed by atoms with van der Waals surface area (Å²) in [4.78, 5) is 12.5. The Morgan fingerprint density at radius 3 is 1.40 bits per heavy atom. The van der Waals surface area contributed by atoms with E-state index in [1.165, 1.54) is 39.6 Å². The number of hydrogen-bond acceptors (Lipinski definition) is 14. The van der Waals surface area contributed by atoms with Crippen molar-refractivity contribution in [2.45, 2.75) is 9.79 Å². The first-order chi connectivity index (χ1) is 20.5. The molecule has 0 saturated carbocycles. The van der Waals surface area contributed by atoms with Gasteiger partial charge in [-0.25, -0.2) is 9.97 Å². The molecule has 0 unspecified atom stereocenters. The van der Waals surface area contributed by atoms with Crippen LogP contribution in [0.25, 0.3) is 53.4 Å². The second-order valence-electron chi connectivity index (χ2n) is 8.58. The lowest BCUT2D eigenvalue weighted by molar-refractivity contribution is 1.26. The summed E-state index contributed by atoms with van der Waals surface area (Å²) in [6.07, 6.45) is 4.23. The molecule has 0 amide bonds. The summed E-state index contributed by atoms with van der Waals surface area (Å²) in [5.41, 5.74) is 2.91. The van der Waals surface area contributed by atoms with Gasteiger partial charge in [0, 0.05) is 20.6 Å². The van der Waals surface area contributed by atoms with Crippen LogP contribution in [-0.4, -0.2) is 22.5 Å². The Bertz CT molecular complexity index is 2240. The van der Waals surface area contributed by atoms with Gasteiger partial charge in [-0.15, -0.1) is 46.2 Å². The lowest BCUT2D eigenvalue weighted by Crippen LogP contribution is -1.95. The number of thioether (sulfide) groups is 6. The molecule has 7 rings (SSSR count). The minimum absolute atomic E-state index is 0.0301. The molecule has 5 aromatic rings. The van der Waals surface area contributed by atoms with E-state index in [9.17, 15) is 21.0 Å². The second-order valence-corrected chi connectivity index (χ2v) is 17.5. The van der Waals surface area contributed by atoms with Crippen LogP contribution in [0.3, 0.4) is 0 Å². The van der Waals surface area contributed by atoms with Crippen LogP contribution in [0, 0.1) is 45.3 Å². The van der Waals surface area contributed by atoms with E-state index in [0.29, 0.717) is 20.1 Å². The number of aromatic nitrogens is 2. The third kappa shape index (κ3) is 4.42. The molecule has 0 spiro atoms. The van der Waals surface area contributed by atoms with Crippen molar-refractivity contribution in [3.63, 3.8) is 0 Å². The highest BCUT2D eigenvalue weighted by atomic mass is 32.3. The molecule has 0 aliphatic carbocycles. The molecule has 0 saturated heterocycles. The Morgan fingerprint density at radius 2 is 1.02 bits per heavy atom. The molecule has 2 aromatic carbocycles. The number of benzene rings is 2. The summed E-state index contributed by atoms with van der Waals surface area (Å²) in [6.45, 7) is 0. The molecule has 42 heavy (non-hydrogen) atoms. The van der Waals surface area contributed by atoms with E-state index in [1.807, 2.05) is 59.9 Å². The molecular weight excluding hydrogens is 677 g/mol. The first-order valence-electron chi connectivity index (χ1n) is 11.8. The Labute approximate surface area is 272 Å². The van der Waals surface area contributed by atoms with E-state index in [4.69, 9.17) is 9.97 Å². The monoisotopic (exact) mass is 686 g/mol. The van der Waals surface area contributed by atoms with Gasteiger partial charge in [-0.1, -0.05) is 47.0 Å². The van der Waals surface area contributed by atoms with Crippen LogP contribution >= 0.6 is 93.2 Å². The maximum atomic E-state index is 9.54. The van der Waals surface area contributed by atoms with Crippen molar-refractivity contribution in [1.82, 2.24) is 9.97 Å². The topological polar surface area (TPSA) is 121 Å². The van der Waals surface area contributed by atoms with E-state index in [0.717, 1.165) is 41.0 Å². The van der Waals surface area contributed by atoms with Crippen molar-refractivity contribution in [1.29, 1.82) is 21.0 Å². The van der Waals surface area contributed by atoms with Gasteiger partial charge in [0.15, 0.2) is 0 Å². The fourth-order valence-corrected chi connectivity index (χ4v) is 14.7. The highest BCUT2D eigenvalue weighted by Crippen LogP contribution is 2.63. The standard InChI is InChI=1S/C28H10N6S8/c1-35-25-26(36-2)42-28(41-25)27-39-19-5-15-16(6-20(19)40-27)34-22-14-4-18(12(9-31)10-32)38-24(14)23-13(21(22)33-15)3-17(37-23)11(7-29)8-30/h3-6H,1-2H3. The molecule has 0 N–H and O–H groups in total. The third-order valence-electron chi connectivity index (χ3n) is 6.33. The summed E-state index contributed by atoms with van der Waals surface area (Å²) >= 11 is 13.5. The van der Waals surface area contributed by atoms with Crippen molar-refractivity contribution < 1.29 is 0 Å². The molecular formula is C28H10N6S8. The zero-order valence-electron chi connectivity index (χ0n) is 21.3. The SMILES string of the molecule is CSC1=C(SC)SC(=C2Sc3cc4nc5c6cc(=C(C#N)C#N)sc6c6sc(=C(C#N)C#N)cc6c5nc4cc3S2)S1. The lowest BCUT2D eigenvalue weighted by Gasteiger charge is -2.06. The van der Waals surface area contributed by atoms with E-state index >= 15 is 0 Å². The number of nitrogens with zero attached hydrogens (tertiary/aromatic N) is 6. The highest BCUT2D eigenvalue weighted by molar-refractivity contribution is 8.41. The average Bonchev–Trinajstić information content (AvgIpc) is 3.80. The number of nitriles is 4. The van der Waals surface area contributed by atoms with E-state index < -0.39 is 0 Å². The molecule has 6 nitrogen and oxygen atoms in total. The summed E-state index contributed by atoms with van der Waals surface area (Å²) in [5, 5.41) is 39.8. The van der Waals surface area contributed by atoms with Crippen LogP contribution in [-0.2, 0) is 0 Å². The van der Waals surface area contributed by atoms with Crippen LogP contribution in [0.1, 0.15) is 0 Å². The molecule has 0 atom stereocenters. The van der Waals surface area contributed by atoms with Gasteiger partial charge >= 0.3 is 0 Å². The predicted octanol–water partition coefficient (Wildman–Crippen LogP) is 8.27. The Kier molecular flexibility index (Phi) is 7.38. The molecule has 14 heteroatoms. The van der Waals surface area contributed by atoms with Crippen molar-refractivity contribution in [3.8, 4) is 24.3 Å². The normalized spacial score (nSPS) is 14.4. The van der Waals surface area contributed by atoms with Crippen LogP contribution in [0.4, 0.5) is 0 Å². The van der Waals surface area contributed by atoms with E-state index in [-0.39, 0.29) is 11.1 Å². The van der Waals surface area contributed by atoms with Crippen LogP contribution in [0.15, 0.2) is 51.0 Å². The van der Waals surface area contributed by atoms with Crippen molar-refractivity contribution >= 4 is 147 Å². The van der Waals surface area contributed by atoms with Crippen LogP contribution in [0.5, 0.6) is 0 Å². The third-order valence-corrected chi connectivity index (χ3v) is 17.1. The first kappa shape index (κ1) is 28.0. The Balaban J connectivity index is 1.49. The van der Waals surface area contributed by atoms with Gasteiger partial charge < -0.3 is 0 Å². The fraction of sp³-hybridized carbons (Fsp3) is 0.0714. The Morgan fingerprint density at radius 1 is 0.619 bits per heavy atom. The van der Waals surface area contributed by atoms with Crippen molar-refractivity contribution in [2.75, 3.05) is 12.5 Å². The van der Waals surface area contributed by atoms with Gasteiger partial charge in [-0.3, -0.25) is 0 Å². The molecule has 0 radical (unpaired) electrons. The quantitative estimate of drug-likeness (QED) is 0.166. The maximum absolute atomic E-state index is 9.54. The molecule has 2 aliphatic heterocycles. The fourth-order valence-electron chi connectivity index (χ4n) is 4.50. The van der Waals surface area contributed by atoms with Gasteiger partial charge in [0.05, 0.1) is 57.5 Å². The summed E-state index contributed by atoms with van der Waals surface area (Å²) in [7, 11) is 0. The molecule has 0 fully saturated rings. The number of fused-ring (bicyclic) bond motifs is 8. The maximum Gasteiger partial charge on any atom is 0.146 e. The summed E-state index contributed by atoms with van der Waals surface area (Å²) < 4.78 is 8.05. The first-order valence-corrected chi connectivity index (χ1v) is 19.1.